The predicted molar refractivity (Wildman–Crippen MR) is 98.0 cm³/mol. The van der Waals surface area contributed by atoms with Crippen LogP contribution >= 0.6 is 27.3 Å². The molecule has 0 aliphatic rings. The van der Waals surface area contributed by atoms with Crippen molar-refractivity contribution in [1.82, 2.24) is 10.9 Å². The van der Waals surface area contributed by atoms with Crippen LogP contribution in [0.25, 0.3) is 0 Å². The molecule has 1 heterocycles. The average Bonchev–Trinajstić information content (AvgIpc) is 3.03. The second-order valence-electron chi connectivity index (χ2n) is 5.44. The highest BCUT2D eigenvalue weighted by molar-refractivity contribution is 9.11. The number of thiophene rings is 1. The first-order chi connectivity index (χ1) is 11.9. The summed E-state index contributed by atoms with van der Waals surface area (Å²) in [4.78, 5) is 24.8. The number of nitrogens with one attached hydrogen (secondary N) is 2. The first kappa shape index (κ1) is 19.0. The number of benzene rings is 1. The van der Waals surface area contributed by atoms with Crippen molar-refractivity contribution in [3.8, 4) is 11.8 Å². The van der Waals surface area contributed by atoms with E-state index in [1.54, 1.807) is 36.4 Å². The molecule has 25 heavy (non-hydrogen) atoms. The van der Waals surface area contributed by atoms with E-state index in [2.05, 4.69) is 26.8 Å². The molecule has 2 amide bonds. The van der Waals surface area contributed by atoms with E-state index in [4.69, 9.17) is 10.00 Å². The molecule has 1 aromatic heterocycles. The second-order valence-corrected chi connectivity index (χ2v) is 7.90. The highest BCUT2D eigenvalue weighted by atomic mass is 79.9. The number of rotatable bonds is 5. The van der Waals surface area contributed by atoms with E-state index < -0.39 is 17.9 Å². The van der Waals surface area contributed by atoms with Gasteiger partial charge in [-0.05, 0) is 46.1 Å². The first-order valence-electron chi connectivity index (χ1n) is 7.43. The molecule has 130 valence electrons. The Balaban J connectivity index is 2.03. The van der Waals surface area contributed by atoms with Crippen LogP contribution in [-0.2, 0) is 4.79 Å². The summed E-state index contributed by atoms with van der Waals surface area (Å²) >= 11 is 4.53. The molecule has 2 N–H and O–H groups in total. The lowest BCUT2D eigenvalue weighted by Gasteiger charge is -2.22. The number of nitriles is 1. The number of halogens is 1. The van der Waals surface area contributed by atoms with Crippen LogP contribution in [0.4, 0.5) is 0 Å². The minimum Gasteiger partial charge on any atom is -0.479 e. The van der Waals surface area contributed by atoms with Crippen molar-refractivity contribution in [2.75, 3.05) is 0 Å². The molecular formula is C17H16BrN3O3S. The van der Waals surface area contributed by atoms with Crippen LogP contribution < -0.4 is 15.6 Å². The molecule has 0 saturated heterocycles. The van der Waals surface area contributed by atoms with Gasteiger partial charge in [0.2, 0.25) is 0 Å². The van der Waals surface area contributed by atoms with Crippen molar-refractivity contribution >= 4 is 39.1 Å². The van der Waals surface area contributed by atoms with Crippen molar-refractivity contribution in [3.05, 3.63) is 50.6 Å². The van der Waals surface area contributed by atoms with Gasteiger partial charge in [-0.3, -0.25) is 20.4 Å². The van der Waals surface area contributed by atoms with Gasteiger partial charge in [-0.1, -0.05) is 26.0 Å². The van der Waals surface area contributed by atoms with Crippen LogP contribution in [0.1, 0.15) is 29.1 Å². The number of ether oxygens (including phenoxy) is 1. The third kappa shape index (κ3) is 5.05. The number of para-hydroxylation sites is 1. The lowest BCUT2D eigenvalue weighted by Crippen LogP contribution is -2.49. The van der Waals surface area contributed by atoms with Gasteiger partial charge in [0.15, 0.2) is 6.10 Å². The highest BCUT2D eigenvalue weighted by Crippen LogP contribution is 2.22. The van der Waals surface area contributed by atoms with E-state index in [9.17, 15) is 9.59 Å². The van der Waals surface area contributed by atoms with Gasteiger partial charge in [-0.25, -0.2) is 0 Å². The second kappa shape index (κ2) is 8.65. The van der Waals surface area contributed by atoms with E-state index in [0.29, 0.717) is 16.2 Å². The lowest BCUT2D eigenvalue weighted by atomic mass is 10.1. The third-order valence-corrected chi connectivity index (χ3v) is 4.84. The average molecular weight is 422 g/mol. The number of carbonyl (C=O) groups is 2. The summed E-state index contributed by atoms with van der Waals surface area (Å²) in [6.07, 6.45) is -0.857. The molecule has 2 aromatic rings. The Morgan fingerprint density at radius 2 is 1.92 bits per heavy atom. The van der Waals surface area contributed by atoms with E-state index in [1.807, 2.05) is 19.9 Å². The van der Waals surface area contributed by atoms with Gasteiger partial charge in [-0.15, -0.1) is 11.3 Å². The van der Waals surface area contributed by atoms with E-state index in [-0.39, 0.29) is 5.92 Å². The smallest absolute Gasteiger partial charge is 0.279 e. The molecule has 0 fully saturated rings. The van der Waals surface area contributed by atoms with Crippen LogP contribution in [0.5, 0.6) is 5.75 Å². The third-order valence-electron chi connectivity index (χ3n) is 3.22. The molecule has 0 radical (unpaired) electrons. The zero-order chi connectivity index (χ0) is 18.4. The minimum absolute atomic E-state index is 0.167. The summed E-state index contributed by atoms with van der Waals surface area (Å²) in [6.45, 7) is 3.63. The Kier molecular flexibility index (Phi) is 6.56. The Labute approximate surface area is 157 Å². The fraction of sp³-hybridized carbons (Fsp3) is 0.235. The summed E-state index contributed by atoms with van der Waals surface area (Å²) in [5.74, 6) is -0.748. The summed E-state index contributed by atoms with van der Waals surface area (Å²) in [6, 6.07) is 12.1. The summed E-state index contributed by atoms with van der Waals surface area (Å²) in [7, 11) is 0. The largest absolute Gasteiger partial charge is 0.479 e. The molecule has 8 heteroatoms. The van der Waals surface area contributed by atoms with E-state index >= 15 is 0 Å². The number of amides is 2. The molecule has 6 nitrogen and oxygen atoms in total. The molecule has 1 aromatic carbocycles. The maximum absolute atomic E-state index is 12.4. The van der Waals surface area contributed by atoms with Gasteiger partial charge in [0.1, 0.15) is 11.8 Å². The topological polar surface area (TPSA) is 91.2 Å². The van der Waals surface area contributed by atoms with Crippen LogP contribution in [-0.4, -0.2) is 17.9 Å². The molecular weight excluding hydrogens is 406 g/mol. The fourth-order valence-corrected chi connectivity index (χ4v) is 3.26. The van der Waals surface area contributed by atoms with E-state index in [0.717, 1.165) is 3.79 Å². The van der Waals surface area contributed by atoms with Gasteiger partial charge in [-0.2, -0.15) is 5.26 Å². The van der Waals surface area contributed by atoms with Crippen molar-refractivity contribution in [1.29, 1.82) is 5.26 Å². The van der Waals surface area contributed by atoms with Crippen LogP contribution in [0.15, 0.2) is 40.2 Å². The normalized spacial score (nSPS) is 11.5. The van der Waals surface area contributed by atoms with Crippen LogP contribution in [0.3, 0.4) is 0 Å². The SMILES string of the molecule is CC(C)C(Oc1ccccc1C#N)C(=O)NNC(=O)c1ccc(Br)s1. The molecule has 2 rings (SSSR count). The number of nitrogens with zero attached hydrogens (tertiary/aromatic N) is 1. The van der Waals surface area contributed by atoms with E-state index in [1.165, 1.54) is 11.3 Å². The number of hydrogen-bond acceptors (Lipinski definition) is 5. The molecule has 0 spiro atoms. The van der Waals surface area contributed by atoms with Crippen molar-refractivity contribution in [2.45, 2.75) is 20.0 Å². The standard InChI is InChI=1S/C17H16BrN3O3S/c1-10(2)15(24-12-6-4-3-5-11(12)9-19)17(23)21-20-16(22)13-7-8-14(18)25-13/h3-8,10,15H,1-2H3,(H,20,22)(H,21,23). The molecule has 1 unspecified atom stereocenters. The Bertz CT molecular complexity index is 813. The van der Waals surface area contributed by atoms with Gasteiger partial charge < -0.3 is 4.74 Å². The lowest BCUT2D eigenvalue weighted by molar-refractivity contribution is -0.130. The Hall–Kier alpha value is -2.37. The minimum atomic E-state index is -0.857. The molecule has 0 aliphatic heterocycles. The van der Waals surface area contributed by atoms with Crippen molar-refractivity contribution < 1.29 is 14.3 Å². The zero-order valence-electron chi connectivity index (χ0n) is 13.6. The predicted octanol–water partition coefficient (Wildman–Crippen LogP) is 3.25. The molecule has 0 saturated carbocycles. The Morgan fingerprint density at radius 1 is 1.20 bits per heavy atom. The molecule has 0 aliphatic carbocycles. The van der Waals surface area contributed by atoms with Gasteiger partial charge in [0, 0.05) is 0 Å². The first-order valence-corrected chi connectivity index (χ1v) is 9.04. The summed E-state index contributed by atoms with van der Waals surface area (Å²) in [5, 5.41) is 9.12. The maximum atomic E-state index is 12.4. The summed E-state index contributed by atoms with van der Waals surface area (Å²) in [5.41, 5.74) is 5.08. The fourth-order valence-electron chi connectivity index (χ4n) is 1.98. The number of hydrogen-bond donors (Lipinski definition) is 2. The molecule has 0 bridgehead atoms. The van der Waals surface area contributed by atoms with Gasteiger partial charge >= 0.3 is 0 Å². The van der Waals surface area contributed by atoms with Crippen molar-refractivity contribution in [3.63, 3.8) is 0 Å². The maximum Gasteiger partial charge on any atom is 0.279 e. The van der Waals surface area contributed by atoms with Crippen molar-refractivity contribution in [2.24, 2.45) is 5.92 Å². The summed E-state index contributed by atoms with van der Waals surface area (Å²) < 4.78 is 6.53. The van der Waals surface area contributed by atoms with Crippen LogP contribution in [0, 0.1) is 17.2 Å². The quantitative estimate of drug-likeness (QED) is 0.724. The van der Waals surface area contributed by atoms with Gasteiger partial charge in [0.25, 0.3) is 11.8 Å². The number of carbonyl (C=O) groups excluding carboxylic acids is 2. The monoisotopic (exact) mass is 421 g/mol. The van der Waals surface area contributed by atoms with Gasteiger partial charge in [0.05, 0.1) is 14.2 Å². The highest BCUT2D eigenvalue weighted by Gasteiger charge is 2.26. The zero-order valence-corrected chi connectivity index (χ0v) is 16.0. The van der Waals surface area contributed by atoms with Crippen LogP contribution in [0.2, 0.25) is 0 Å². The number of hydrazine groups is 1. The molecule has 1 atom stereocenters. The Morgan fingerprint density at radius 3 is 2.52 bits per heavy atom.